The molecule has 1 N–H and O–H groups in total. The summed E-state index contributed by atoms with van der Waals surface area (Å²) in [5, 5.41) is 9.79. The number of benzene rings is 1. The first-order valence-electron chi connectivity index (χ1n) is 7.31. The number of hydrogen-bond acceptors (Lipinski definition) is 3. The molecule has 0 spiro atoms. The molecule has 1 aromatic carbocycles. The van der Waals surface area contributed by atoms with Crippen LogP contribution in [0.3, 0.4) is 0 Å². The molecule has 0 aliphatic carbocycles. The van der Waals surface area contributed by atoms with Gasteiger partial charge in [-0.05, 0) is 16.6 Å². The fourth-order valence-electron chi connectivity index (χ4n) is 3.29. The van der Waals surface area contributed by atoms with Crippen molar-refractivity contribution in [2.75, 3.05) is 7.11 Å². The minimum absolute atomic E-state index is 0.179. The summed E-state index contributed by atoms with van der Waals surface area (Å²) in [6.07, 6.45) is 0. The highest BCUT2D eigenvalue weighted by atomic mass is 28.4. The van der Waals surface area contributed by atoms with Gasteiger partial charge >= 0.3 is 0 Å². The minimum atomic E-state index is -1.99. The largest absolute Gasteiger partial charge is 0.543 e. The van der Waals surface area contributed by atoms with Crippen molar-refractivity contribution in [3.05, 3.63) is 18.2 Å². The first kappa shape index (κ1) is 16.9. The van der Waals surface area contributed by atoms with Gasteiger partial charge in [-0.1, -0.05) is 41.5 Å². The number of methoxy groups -OCH3 is 1. The summed E-state index contributed by atoms with van der Waals surface area (Å²) in [6, 6.07) is 5.13. The Hall–Kier alpha value is -1.16. The lowest BCUT2D eigenvalue weighted by Gasteiger charge is -2.42. The van der Waals surface area contributed by atoms with E-state index in [0.717, 1.165) is 0 Å². The standard InChI is InChI=1S/C16H28O3Si/c1-11(2)20(12(3)4,13(5)6)19-16-9-14(17)8-15(10-16)18-7/h8-13,17H,1-7H3. The van der Waals surface area contributed by atoms with Crippen LogP contribution < -0.4 is 9.16 Å². The topological polar surface area (TPSA) is 38.7 Å². The fraction of sp³-hybridized carbons (Fsp3) is 0.625. The van der Waals surface area contributed by atoms with E-state index >= 15 is 0 Å². The number of phenolic OH excluding ortho intramolecular Hbond substituents is 1. The monoisotopic (exact) mass is 296 g/mol. The third-order valence-electron chi connectivity index (χ3n) is 4.10. The lowest BCUT2D eigenvalue weighted by molar-refractivity contribution is 0.401. The number of phenols is 1. The van der Waals surface area contributed by atoms with E-state index in [4.69, 9.17) is 9.16 Å². The molecule has 1 rings (SSSR count). The van der Waals surface area contributed by atoms with Crippen molar-refractivity contribution in [2.45, 2.75) is 58.2 Å². The molecule has 0 radical (unpaired) electrons. The van der Waals surface area contributed by atoms with Crippen molar-refractivity contribution >= 4 is 8.32 Å². The first-order chi connectivity index (χ1) is 9.23. The number of aromatic hydroxyl groups is 1. The van der Waals surface area contributed by atoms with E-state index in [2.05, 4.69) is 41.5 Å². The summed E-state index contributed by atoms with van der Waals surface area (Å²) in [5.74, 6) is 1.52. The number of rotatable bonds is 6. The third kappa shape index (κ3) is 3.29. The van der Waals surface area contributed by atoms with Crippen molar-refractivity contribution < 1.29 is 14.3 Å². The predicted octanol–water partition coefficient (Wildman–Crippen LogP) is 4.96. The van der Waals surface area contributed by atoms with E-state index in [1.807, 2.05) is 6.07 Å². The van der Waals surface area contributed by atoms with Crippen molar-refractivity contribution in [3.63, 3.8) is 0 Å². The summed E-state index contributed by atoms with van der Waals surface area (Å²) in [6.45, 7) is 13.5. The zero-order valence-electron chi connectivity index (χ0n) is 13.7. The molecule has 0 fully saturated rings. The maximum atomic E-state index is 9.79. The summed E-state index contributed by atoms with van der Waals surface area (Å²) < 4.78 is 11.7. The van der Waals surface area contributed by atoms with Gasteiger partial charge < -0.3 is 14.3 Å². The van der Waals surface area contributed by atoms with E-state index in [9.17, 15) is 5.11 Å². The van der Waals surface area contributed by atoms with Crippen LogP contribution in [0.15, 0.2) is 18.2 Å². The molecule has 4 heteroatoms. The zero-order chi connectivity index (χ0) is 15.5. The highest BCUT2D eigenvalue weighted by Crippen LogP contribution is 2.43. The Bertz CT molecular complexity index is 420. The van der Waals surface area contributed by atoms with Gasteiger partial charge in [-0.25, -0.2) is 0 Å². The van der Waals surface area contributed by atoms with Crippen LogP contribution in [-0.4, -0.2) is 20.5 Å². The summed E-state index contributed by atoms with van der Waals surface area (Å²) >= 11 is 0. The van der Waals surface area contributed by atoms with Gasteiger partial charge in [0, 0.05) is 18.2 Å². The molecule has 3 nitrogen and oxygen atoms in total. The fourth-order valence-corrected chi connectivity index (χ4v) is 8.52. The smallest absolute Gasteiger partial charge is 0.258 e. The molecule has 0 aromatic heterocycles. The second-order valence-electron chi connectivity index (χ2n) is 6.29. The van der Waals surface area contributed by atoms with Crippen molar-refractivity contribution in [2.24, 2.45) is 0 Å². The van der Waals surface area contributed by atoms with Crippen LogP contribution in [0.5, 0.6) is 17.2 Å². The van der Waals surface area contributed by atoms with E-state index in [1.54, 1.807) is 19.2 Å². The van der Waals surface area contributed by atoms with Crippen LogP contribution in [0.25, 0.3) is 0 Å². The van der Waals surface area contributed by atoms with Gasteiger partial charge in [0.1, 0.15) is 17.2 Å². The molecule has 0 saturated carbocycles. The normalized spacial score (nSPS) is 12.3. The van der Waals surface area contributed by atoms with Gasteiger partial charge in [-0.2, -0.15) is 0 Å². The van der Waals surface area contributed by atoms with Crippen LogP contribution in [0.1, 0.15) is 41.5 Å². The Balaban J connectivity index is 3.22. The molecule has 0 aliphatic heterocycles. The molecular weight excluding hydrogens is 268 g/mol. The average Bonchev–Trinajstić information content (AvgIpc) is 2.33. The van der Waals surface area contributed by atoms with E-state index in [-0.39, 0.29) is 5.75 Å². The summed E-state index contributed by atoms with van der Waals surface area (Å²) in [7, 11) is -0.400. The summed E-state index contributed by atoms with van der Waals surface area (Å²) in [4.78, 5) is 0. The molecule has 0 atom stereocenters. The third-order valence-corrected chi connectivity index (χ3v) is 10.1. The molecule has 20 heavy (non-hydrogen) atoms. The quantitative estimate of drug-likeness (QED) is 0.754. The molecule has 0 saturated heterocycles. The average molecular weight is 296 g/mol. The van der Waals surface area contributed by atoms with Crippen LogP contribution in [-0.2, 0) is 0 Å². The number of hydrogen-bond donors (Lipinski definition) is 1. The molecular formula is C16H28O3Si. The molecule has 1 aromatic rings. The van der Waals surface area contributed by atoms with Crippen molar-refractivity contribution in [1.82, 2.24) is 0 Å². The van der Waals surface area contributed by atoms with Crippen molar-refractivity contribution in [1.29, 1.82) is 0 Å². The Morgan fingerprint density at radius 1 is 0.850 bits per heavy atom. The molecule has 0 amide bonds. The lowest BCUT2D eigenvalue weighted by Crippen LogP contribution is -2.50. The van der Waals surface area contributed by atoms with Gasteiger partial charge in [0.2, 0.25) is 0 Å². The molecule has 114 valence electrons. The Morgan fingerprint density at radius 3 is 1.70 bits per heavy atom. The highest BCUT2D eigenvalue weighted by Gasteiger charge is 2.47. The zero-order valence-corrected chi connectivity index (χ0v) is 14.7. The van der Waals surface area contributed by atoms with Gasteiger partial charge in [-0.15, -0.1) is 0 Å². The summed E-state index contributed by atoms with van der Waals surface area (Å²) in [5.41, 5.74) is 1.49. The molecule has 0 heterocycles. The molecule has 0 bridgehead atoms. The van der Waals surface area contributed by atoms with Gasteiger partial charge in [-0.3, -0.25) is 0 Å². The first-order valence-corrected chi connectivity index (χ1v) is 9.45. The minimum Gasteiger partial charge on any atom is -0.543 e. The second kappa shape index (κ2) is 6.53. The maximum absolute atomic E-state index is 9.79. The van der Waals surface area contributed by atoms with E-state index < -0.39 is 8.32 Å². The van der Waals surface area contributed by atoms with E-state index in [0.29, 0.717) is 28.1 Å². The highest BCUT2D eigenvalue weighted by molar-refractivity contribution is 6.78. The van der Waals surface area contributed by atoms with Crippen LogP contribution >= 0.6 is 0 Å². The van der Waals surface area contributed by atoms with Crippen LogP contribution in [0.2, 0.25) is 16.6 Å². The SMILES string of the molecule is COc1cc(O)cc(O[Si](C(C)C)(C(C)C)C(C)C)c1. The van der Waals surface area contributed by atoms with Crippen molar-refractivity contribution in [3.8, 4) is 17.2 Å². The van der Waals surface area contributed by atoms with Gasteiger partial charge in [0.05, 0.1) is 7.11 Å². The second-order valence-corrected chi connectivity index (χ2v) is 11.7. The Labute approximate surface area is 124 Å². The van der Waals surface area contributed by atoms with E-state index in [1.165, 1.54) is 0 Å². The number of ether oxygens (including phenoxy) is 1. The maximum Gasteiger partial charge on any atom is 0.258 e. The van der Waals surface area contributed by atoms with Gasteiger partial charge in [0.25, 0.3) is 8.32 Å². The molecule has 0 aliphatic rings. The lowest BCUT2D eigenvalue weighted by atomic mass is 10.3. The Morgan fingerprint density at radius 2 is 1.30 bits per heavy atom. The predicted molar refractivity (Wildman–Crippen MR) is 86.3 cm³/mol. The Kier molecular flexibility index (Phi) is 5.51. The van der Waals surface area contributed by atoms with Crippen LogP contribution in [0.4, 0.5) is 0 Å². The van der Waals surface area contributed by atoms with Gasteiger partial charge in [0.15, 0.2) is 0 Å². The molecule has 0 unspecified atom stereocenters. The van der Waals surface area contributed by atoms with Crippen LogP contribution in [0, 0.1) is 0 Å².